The summed E-state index contributed by atoms with van der Waals surface area (Å²) in [5.41, 5.74) is 1.99. The lowest BCUT2D eigenvalue weighted by atomic mass is 10.0. The van der Waals surface area contributed by atoms with Crippen molar-refractivity contribution in [2.24, 2.45) is 0 Å². The first kappa shape index (κ1) is 16.5. The minimum Gasteiger partial charge on any atom is -0.480 e. The maximum Gasteiger partial charge on any atom is 0.328 e. The van der Waals surface area contributed by atoms with Crippen LogP contribution in [0.15, 0.2) is 60.7 Å². The number of benzene rings is 2. The highest BCUT2D eigenvalue weighted by Gasteiger charge is 2.31. The van der Waals surface area contributed by atoms with Gasteiger partial charge in [-0.1, -0.05) is 55.0 Å². The Labute approximate surface area is 143 Å². The minimum atomic E-state index is -0.784. The van der Waals surface area contributed by atoms with Crippen LogP contribution in [0, 0.1) is 0 Å². The molecule has 0 bridgehead atoms. The third-order valence-corrected chi connectivity index (χ3v) is 4.51. The van der Waals surface area contributed by atoms with E-state index in [4.69, 9.17) is 0 Å². The highest BCUT2D eigenvalue weighted by molar-refractivity contribution is 5.78. The molecular formula is C20H24N2O2. The molecule has 1 fully saturated rings. The Morgan fingerprint density at radius 1 is 0.958 bits per heavy atom. The predicted molar refractivity (Wildman–Crippen MR) is 95.9 cm³/mol. The number of piperidine rings is 1. The van der Waals surface area contributed by atoms with E-state index in [1.807, 2.05) is 65.7 Å². The Balaban J connectivity index is 1.92. The van der Waals surface area contributed by atoms with E-state index in [0.717, 1.165) is 37.2 Å². The van der Waals surface area contributed by atoms with Crippen LogP contribution in [0.5, 0.6) is 0 Å². The topological polar surface area (TPSA) is 43.8 Å². The maximum absolute atomic E-state index is 12.1. The molecule has 126 valence electrons. The van der Waals surface area contributed by atoms with Crippen LogP contribution >= 0.6 is 0 Å². The summed E-state index contributed by atoms with van der Waals surface area (Å²) in [6.45, 7) is 1.82. The van der Waals surface area contributed by atoms with E-state index in [9.17, 15) is 9.90 Å². The molecule has 24 heavy (non-hydrogen) atoms. The molecule has 0 aromatic heterocycles. The van der Waals surface area contributed by atoms with Gasteiger partial charge in [0, 0.05) is 19.5 Å². The average molecular weight is 324 g/mol. The Morgan fingerprint density at radius 2 is 1.54 bits per heavy atom. The van der Waals surface area contributed by atoms with Crippen molar-refractivity contribution in [3.05, 3.63) is 66.2 Å². The fraction of sp³-hybridized carbons (Fsp3) is 0.350. The summed E-state index contributed by atoms with van der Waals surface area (Å²) < 4.78 is 0. The van der Waals surface area contributed by atoms with Crippen molar-refractivity contribution in [1.82, 2.24) is 5.01 Å². The summed E-state index contributed by atoms with van der Waals surface area (Å²) in [5, 5.41) is 14.1. The molecule has 0 aliphatic carbocycles. The van der Waals surface area contributed by atoms with Crippen LogP contribution in [-0.4, -0.2) is 35.2 Å². The minimum absolute atomic E-state index is 0.488. The Bertz CT molecular complexity index is 639. The lowest BCUT2D eigenvalue weighted by Crippen LogP contribution is -2.55. The SMILES string of the molecule is O=C(O)C(Cc1ccccc1)N(c1ccccc1)N1CCCCC1. The number of nitrogens with zero attached hydrogens (tertiary/aromatic N) is 2. The molecular weight excluding hydrogens is 300 g/mol. The van der Waals surface area contributed by atoms with E-state index < -0.39 is 12.0 Å². The van der Waals surface area contributed by atoms with Crippen LogP contribution in [-0.2, 0) is 11.2 Å². The number of aliphatic carboxylic acids is 1. The van der Waals surface area contributed by atoms with E-state index >= 15 is 0 Å². The number of hydrazine groups is 1. The van der Waals surface area contributed by atoms with Crippen molar-refractivity contribution in [3.63, 3.8) is 0 Å². The van der Waals surface area contributed by atoms with Crippen LogP contribution in [0.3, 0.4) is 0 Å². The first-order chi connectivity index (χ1) is 11.8. The number of rotatable bonds is 6. The Kier molecular flexibility index (Phi) is 5.49. The van der Waals surface area contributed by atoms with Gasteiger partial charge in [0.25, 0.3) is 0 Å². The molecule has 0 amide bonds. The summed E-state index contributed by atoms with van der Waals surface area (Å²) >= 11 is 0. The van der Waals surface area contributed by atoms with Gasteiger partial charge >= 0.3 is 5.97 Å². The molecule has 2 aromatic rings. The lowest BCUT2D eigenvalue weighted by molar-refractivity contribution is -0.139. The molecule has 4 heteroatoms. The van der Waals surface area contributed by atoms with Crippen LogP contribution in [0.25, 0.3) is 0 Å². The standard InChI is InChI=1S/C20H24N2O2/c23-20(24)19(16-17-10-4-1-5-11-17)22(18-12-6-2-7-13-18)21-14-8-3-9-15-21/h1-2,4-7,10-13,19H,3,8-9,14-16H2,(H,23,24). The molecule has 2 aromatic carbocycles. The Hall–Kier alpha value is -2.33. The predicted octanol–water partition coefficient (Wildman–Crippen LogP) is 3.59. The van der Waals surface area contributed by atoms with Gasteiger partial charge in [0.05, 0.1) is 5.69 Å². The van der Waals surface area contributed by atoms with E-state index in [1.165, 1.54) is 6.42 Å². The van der Waals surface area contributed by atoms with Crippen LogP contribution in [0.1, 0.15) is 24.8 Å². The van der Waals surface area contributed by atoms with Gasteiger partial charge in [0.2, 0.25) is 0 Å². The number of carboxylic acid groups (broad SMARTS) is 1. The number of carboxylic acids is 1. The Morgan fingerprint density at radius 3 is 2.12 bits per heavy atom. The normalized spacial score (nSPS) is 16.5. The highest BCUT2D eigenvalue weighted by atomic mass is 16.4. The second kappa shape index (κ2) is 7.97. The van der Waals surface area contributed by atoms with E-state index in [2.05, 4.69) is 5.01 Å². The van der Waals surface area contributed by atoms with Gasteiger partial charge in [-0.25, -0.2) is 9.80 Å². The van der Waals surface area contributed by atoms with Gasteiger partial charge in [-0.05, 0) is 30.5 Å². The lowest BCUT2D eigenvalue weighted by Gasteiger charge is -2.42. The molecule has 4 nitrogen and oxygen atoms in total. The van der Waals surface area contributed by atoms with Gasteiger partial charge in [-0.3, -0.25) is 5.01 Å². The van der Waals surface area contributed by atoms with E-state index in [1.54, 1.807) is 0 Å². The molecule has 1 saturated heterocycles. The first-order valence-electron chi connectivity index (χ1n) is 8.61. The number of hydrogen-bond acceptors (Lipinski definition) is 3. The summed E-state index contributed by atoms with van der Waals surface area (Å²) in [7, 11) is 0. The molecule has 1 aliphatic rings. The van der Waals surface area contributed by atoms with Crippen LogP contribution in [0.4, 0.5) is 5.69 Å². The second-order valence-corrected chi connectivity index (χ2v) is 6.24. The van der Waals surface area contributed by atoms with Gasteiger partial charge in [-0.2, -0.15) is 0 Å². The van der Waals surface area contributed by atoms with E-state index in [-0.39, 0.29) is 0 Å². The summed E-state index contributed by atoms with van der Waals surface area (Å²) in [6, 6.07) is 19.2. The number of hydrogen-bond donors (Lipinski definition) is 1. The zero-order valence-corrected chi connectivity index (χ0v) is 13.8. The zero-order chi connectivity index (χ0) is 16.8. The van der Waals surface area contributed by atoms with Crippen molar-refractivity contribution in [1.29, 1.82) is 0 Å². The molecule has 0 saturated carbocycles. The number of para-hydroxylation sites is 1. The first-order valence-corrected chi connectivity index (χ1v) is 8.61. The zero-order valence-electron chi connectivity index (χ0n) is 13.8. The highest BCUT2D eigenvalue weighted by Crippen LogP contribution is 2.24. The van der Waals surface area contributed by atoms with E-state index in [0.29, 0.717) is 6.42 Å². The molecule has 1 N–H and O–H groups in total. The molecule has 1 unspecified atom stereocenters. The molecule has 1 atom stereocenters. The van der Waals surface area contributed by atoms with Gasteiger partial charge in [0.1, 0.15) is 6.04 Å². The van der Waals surface area contributed by atoms with Crippen molar-refractivity contribution in [3.8, 4) is 0 Å². The fourth-order valence-corrected chi connectivity index (χ4v) is 3.33. The quantitative estimate of drug-likeness (QED) is 0.882. The number of carbonyl (C=O) groups is 1. The fourth-order valence-electron chi connectivity index (χ4n) is 3.33. The van der Waals surface area contributed by atoms with Crippen molar-refractivity contribution < 1.29 is 9.90 Å². The molecule has 0 spiro atoms. The summed E-state index contributed by atoms with van der Waals surface area (Å²) in [6.07, 6.45) is 3.93. The van der Waals surface area contributed by atoms with Crippen molar-refractivity contribution in [2.75, 3.05) is 18.1 Å². The molecule has 3 rings (SSSR count). The average Bonchev–Trinajstić information content (AvgIpc) is 2.64. The monoisotopic (exact) mass is 324 g/mol. The molecule has 0 radical (unpaired) electrons. The van der Waals surface area contributed by atoms with Crippen LogP contribution in [0.2, 0.25) is 0 Å². The van der Waals surface area contributed by atoms with Gasteiger partial charge in [0.15, 0.2) is 0 Å². The smallest absolute Gasteiger partial charge is 0.328 e. The maximum atomic E-state index is 12.1. The van der Waals surface area contributed by atoms with Gasteiger partial charge < -0.3 is 5.11 Å². The summed E-state index contributed by atoms with van der Waals surface area (Å²) in [5.74, 6) is -0.784. The van der Waals surface area contributed by atoms with Gasteiger partial charge in [-0.15, -0.1) is 0 Å². The third-order valence-electron chi connectivity index (χ3n) is 4.51. The molecule has 1 aliphatic heterocycles. The van der Waals surface area contributed by atoms with Crippen molar-refractivity contribution in [2.45, 2.75) is 31.7 Å². The van der Waals surface area contributed by atoms with Crippen molar-refractivity contribution >= 4 is 11.7 Å². The largest absolute Gasteiger partial charge is 0.480 e. The third kappa shape index (κ3) is 3.95. The molecule has 1 heterocycles. The number of anilines is 1. The van der Waals surface area contributed by atoms with Crippen LogP contribution < -0.4 is 5.01 Å². The summed E-state index contributed by atoms with van der Waals surface area (Å²) in [4.78, 5) is 12.1. The second-order valence-electron chi connectivity index (χ2n) is 6.24.